The number of anilines is 1. The van der Waals surface area contributed by atoms with Crippen LogP contribution in [0.25, 0.3) is 32.9 Å². The maximum absolute atomic E-state index is 17.0. The van der Waals surface area contributed by atoms with Crippen LogP contribution >= 0.6 is 0 Å². The highest BCUT2D eigenvalue weighted by molar-refractivity contribution is 6.04. The summed E-state index contributed by atoms with van der Waals surface area (Å²) in [6.07, 6.45) is 9.82. The maximum Gasteiger partial charge on any atom is 0.319 e. The third-order valence-electron chi connectivity index (χ3n) is 10.5. The van der Waals surface area contributed by atoms with E-state index in [1.165, 1.54) is 24.3 Å². The summed E-state index contributed by atoms with van der Waals surface area (Å²) in [6, 6.07) is 5.89. The van der Waals surface area contributed by atoms with Crippen LogP contribution < -0.4 is 20.1 Å². The lowest BCUT2D eigenvalue weighted by Gasteiger charge is -2.31. The van der Waals surface area contributed by atoms with E-state index >= 15 is 4.39 Å². The van der Waals surface area contributed by atoms with E-state index in [0.717, 1.165) is 45.3 Å². The van der Waals surface area contributed by atoms with Crippen LogP contribution in [0.3, 0.4) is 0 Å². The number of rotatable bonds is 7. The van der Waals surface area contributed by atoms with Crippen molar-refractivity contribution in [3.8, 4) is 41.2 Å². The van der Waals surface area contributed by atoms with Crippen LogP contribution in [0.1, 0.15) is 51.0 Å². The van der Waals surface area contributed by atoms with Gasteiger partial charge in [-0.15, -0.1) is 6.42 Å². The number of piperidine rings is 1. The fraction of sp³-hybridized carbons (Fsp3) is 0.486. The third kappa shape index (κ3) is 6.19. The molecule has 2 aliphatic carbocycles. The molecule has 3 N–H and O–H groups in total. The maximum atomic E-state index is 17.0. The standard InChI is InChI=1S/C37H39F3N6O3/c1-3-23-16-41-34-30-33(44-36(45-34)49-19-37(9-10-37)18-46-11-7-22(38)8-12-46)31(40)32(43-35(30)48-17-21-14-28(21)42-23)26-15-24(47)13-20-5-6-27(39)25(4-2)29(20)26/h2,5-6,13,15,21-23,28,42,47H,3,7-12,14,16-19H2,1H3,(H,41,44,45)/t21-,23-,28+/m1/s1. The Labute approximate surface area is 282 Å². The van der Waals surface area contributed by atoms with Crippen LogP contribution in [-0.2, 0) is 0 Å². The van der Waals surface area contributed by atoms with Crippen molar-refractivity contribution in [2.75, 3.05) is 44.7 Å². The number of likely N-dealkylation sites (tertiary alicyclic amines) is 1. The first-order valence-electron chi connectivity index (χ1n) is 17.2. The minimum Gasteiger partial charge on any atom is -0.508 e. The molecule has 4 heterocycles. The van der Waals surface area contributed by atoms with Gasteiger partial charge in [0.2, 0.25) is 5.88 Å². The molecule has 4 aromatic rings. The Bertz CT molecular complexity index is 1970. The number of halogens is 3. The van der Waals surface area contributed by atoms with Crippen LogP contribution in [0.15, 0.2) is 24.3 Å². The van der Waals surface area contributed by atoms with E-state index in [1.807, 2.05) is 0 Å². The van der Waals surface area contributed by atoms with Crippen molar-refractivity contribution in [1.82, 2.24) is 25.2 Å². The monoisotopic (exact) mass is 672 g/mol. The van der Waals surface area contributed by atoms with E-state index in [9.17, 15) is 13.9 Å². The number of nitrogens with one attached hydrogen (secondary N) is 2. The van der Waals surface area contributed by atoms with Gasteiger partial charge in [-0.25, -0.2) is 18.2 Å². The van der Waals surface area contributed by atoms with Gasteiger partial charge < -0.3 is 30.1 Å². The van der Waals surface area contributed by atoms with Crippen molar-refractivity contribution >= 4 is 27.5 Å². The molecule has 0 bridgehead atoms. The van der Waals surface area contributed by atoms with E-state index in [-0.39, 0.29) is 74.2 Å². The Kier molecular flexibility index (Phi) is 8.15. The smallest absolute Gasteiger partial charge is 0.319 e. The number of ether oxygens (including phenoxy) is 2. The molecule has 2 aromatic heterocycles. The molecule has 0 radical (unpaired) electrons. The lowest BCUT2D eigenvalue weighted by molar-refractivity contribution is 0.107. The van der Waals surface area contributed by atoms with Crippen LogP contribution in [0.5, 0.6) is 17.6 Å². The normalized spacial score (nSPS) is 23.5. The number of phenols is 1. The summed E-state index contributed by atoms with van der Waals surface area (Å²) in [5, 5.41) is 18.7. The number of fused-ring (bicyclic) bond motifs is 2. The summed E-state index contributed by atoms with van der Waals surface area (Å²) >= 11 is 0. The molecule has 0 amide bonds. The molecule has 256 valence electrons. The number of aromatic nitrogens is 3. The minimum absolute atomic E-state index is 0.000550. The predicted octanol–water partition coefficient (Wildman–Crippen LogP) is 5.96. The SMILES string of the molecule is C#Cc1c(F)ccc2cc(O)cc(-c3nc4c5c(nc(OCC6(CN7CCC(F)CC7)CC6)nc5c3F)NC[C@@H](CC)N[C@H]3C[C@@H]3CO4)c12. The van der Waals surface area contributed by atoms with Gasteiger partial charge in [0.05, 0.1) is 18.8 Å². The first kappa shape index (κ1) is 31.9. The molecule has 3 fully saturated rings. The first-order valence-corrected chi connectivity index (χ1v) is 17.2. The molecule has 2 aliphatic heterocycles. The van der Waals surface area contributed by atoms with E-state index < -0.39 is 17.8 Å². The fourth-order valence-corrected chi connectivity index (χ4v) is 7.29. The quantitative estimate of drug-likeness (QED) is 0.205. The molecule has 1 saturated heterocycles. The summed E-state index contributed by atoms with van der Waals surface area (Å²) in [4.78, 5) is 16.3. The number of aromatic hydroxyl groups is 1. The van der Waals surface area contributed by atoms with Crippen molar-refractivity contribution in [1.29, 1.82) is 0 Å². The van der Waals surface area contributed by atoms with Gasteiger partial charge in [-0.05, 0) is 62.1 Å². The zero-order valence-corrected chi connectivity index (χ0v) is 27.4. The number of hydrogen-bond acceptors (Lipinski definition) is 9. The minimum atomic E-state index is -0.809. The highest BCUT2D eigenvalue weighted by atomic mass is 19.1. The number of terminal acetylenes is 1. The Balaban J connectivity index is 1.24. The van der Waals surface area contributed by atoms with Crippen molar-refractivity contribution in [2.24, 2.45) is 11.3 Å². The summed E-state index contributed by atoms with van der Waals surface area (Å²) in [5.74, 6) is 1.46. The molecule has 2 aromatic carbocycles. The number of nitrogens with zero attached hydrogens (tertiary/aromatic N) is 4. The van der Waals surface area contributed by atoms with Crippen molar-refractivity contribution in [2.45, 2.75) is 63.7 Å². The van der Waals surface area contributed by atoms with E-state index in [0.29, 0.717) is 43.8 Å². The summed E-state index contributed by atoms with van der Waals surface area (Å²) < 4.78 is 58.4. The van der Waals surface area contributed by atoms with Gasteiger partial charge in [0.15, 0.2) is 5.82 Å². The molecule has 9 nitrogen and oxygen atoms in total. The van der Waals surface area contributed by atoms with Gasteiger partial charge in [0.1, 0.15) is 40.2 Å². The molecule has 0 spiro atoms. The molecule has 12 heteroatoms. The van der Waals surface area contributed by atoms with E-state index in [2.05, 4.69) is 38.3 Å². The van der Waals surface area contributed by atoms with Gasteiger partial charge in [-0.2, -0.15) is 9.97 Å². The molecule has 3 atom stereocenters. The van der Waals surface area contributed by atoms with E-state index in [1.54, 1.807) is 0 Å². The average Bonchev–Trinajstić information content (AvgIpc) is 4.03. The second kappa shape index (κ2) is 12.5. The van der Waals surface area contributed by atoms with Gasteiger partial charge in [0, 0.05) is 60.5 Å². The number of benzene rings is 2. The second-order valence-corrected chi connectivity index (χ2v) is 14.1. The molecular formula is C37H39F3N6O3. The number of alkyl halides is 1. The number of hydrogen-bond donors (Lipinski definition) is 3. The van der Waals surface area contributed by atoms with Crippen LogP contribution in [-0.4, -0.2) is 82.6 Å². The second-order valence-electron chi connectivity index (χ2n) is 14.1. The van der Waals surface area contributed by atoms with Gasteiger partial charge in [-0.3, -0.25) is 0 Å². The summed E-state index contributed by atoms with van der Waals surface area (Å²) in [7, 11) is 0. The topological polar surface area (TPSA) is 105 Å². The van der Waals surface area contributed by atoms with Gasteiger partial charge in [0.25, 0.3) is 0 Å². The molecule has 0 unspecified atom stereocenters. The molecule has 2 saturated carbocycles. The van der Waals surface area contributed by atoms with Crippen LogP contribution in [0.2, 0.25) is 0 Å². The zero-order valence-electron chi connectivity index (χ0n) is 27.4. The number of pyridine rings is 1. The van der Waals surface area contributed by atoms with Crippen molar-refractivity contribution in [3.05, 3.63) is 41.5 Å². The first-order chi connectivity index (χ1) is 23.7. The Morgan fingerprint density at radius 1 is 1.14 bits per heavy atom. The van der Waals surface area contributed by atoms with Crippen LogP contribution in [0.4, 0.5) is 19.0 Å². The van der Waals surface area contributed by atoms with Gasteiger partial charge >= 0.3 is 6.01 Å². The highest BCUT2D eigenvalue weighted by Gasteiger charge is 2.45. The Morgan fingerprint density at radius 3 is 2.71 bits per heavy atom. The fourth-order valence-electron chi connectivity index (χ4n) is 7.29. The number of phenolic OH excluding ortho intramolecular Hbond substituents is 1. The molecule has 49 heavy (non-hydrogen) atoms. The zero-order chi connectivity index (χ0) is 33.9. The van der Waals surface area contributed by atoms with Crippen molar-refractivity contribution < 1.29 is 27.8 Å². The third-order valence-corrected chi connectivity index (χ3v) is 10.5. The lowest BCUT2D eigenvalue weighted by Crippen LogP contribution is -2.39. The largest absolute Gasteiger partial charge is 0.508 e. The average molecular weight is 673 g/mol. The lowest BCUT2D eigenvalue weighted by atomic mass is 9.95. The van der Waals surface area contributed by atoms with Crippen LogP contribution in [0, 0.1) is 35.3 Å². The highest BCUT2D eigenvalue weighted by Crippen LogP contribution is 2.47. The summed E-state index contributed by atoms with van der Waals surface area (Å²) in [6.45, 7) is 5.53. The Morgan fingerprint density at radius 2 is 1.96 bits per heavy atom. The predicted molar refractivity (Wildman–Crippen MR) is 181 cm³/mol. The molecule has 8 rings (SSSR count). The summed E-state index contributed by atoms with van der Waals surface area (Å²) in [5.41, 5.74) is -0.330. The Hall–Kier alpha value is -4.34. The molecular weight excluding hydrogens is 633 g/mol. The van der Waals surface area contributed by atoms with Gasteiger partial charge in [-0.1, -0.05) is 18.9 Å². The van der Waals surface area contributed by atoms with E-state index in [4.69, 9.17) is 20.9 Å². The van der Waals surface area contributed by atoms with Crippen molar-refractivity contribution in [3.63, 3.8) is 0 Å². The molecule has 4 aliphatic rings.